The normalized spacial score (nSPS) is 10.2. The Morgan fingerprint density at radius 3 is 2.04 bits per heavy atom. The molecular weight excluding hydrogens is 315 g/mol. The summed E-state index contributed by atoms with van der Waals surface area (Å²) in [6.07, 6.45) is 0. The second-order valence-corrected chi connectivity index (χ2v) is 5.87. The van der Waals surface area contributed by atoms with Gasteiger partial charge in [-0.3, -0.25) is 9.59 Å². The summed E-state index contributed by atoms with van der Waals surface area (Å²) in [6, 6.07) is 13.4. The molecule has 0 saturated heterocycles. The number of rotatable bonds is 6. The molecule has 120 valence electrons. The Morgan fingerprint density at radius 1 is 0.913 bits per heavy atom. The minimum atomic E-state index is -0.483. The van der Waals surface area contributed by atoms with Crippen molar-refractivity contribution in [1.82, 2.24) is 0 Å². The summed E-state index contributed by atoms with van der Waals surface area (Å²) in [6.45, 7) is 1.91. The van der Waals surface area contributed by atoms with Crippen molar-refractivity contribution < 1.29 is 14.0 Å². The second kappa shape index (κ2) is 8.33. The standard InChI is InChI=1S/C17H17FN2O2S/c1-12-6-2-4-8-14(12)19-16(21)10-23-11-17(22)20-15-9-5-3-7-13(15)18/h2-9H,10-11H2,1H3,(H,19,21)(H,20,22). The van der Waals surface area contributed by atoms with Gasteiger partial charge in [-0.05, 0) is 30.7 Å². The van der Waals surface area contributed by atoms with Gasteiger partial charge in [0.25, 0.3) is 0 Å². The van der Waals surface area contributed by atoms with E-state index in [2.05, 4.69) is 10.6 Å². The van der Waals surface area contributed by atoms with Crippen LogP contribution in [0.15, 0.2) is 48.5 Å². The van der Waals surface area contributed by atoms with Crippen molar-refractivity contribution in [3.8, 4) is 0 Å². The predicted octanol–water partition coefficient (Wildman–Crippen LogP) is 3.44. The third-order valence-corrected chi connectivity index (χ3v) is 3.97. The number of carbonyl (C=O) groups is 2. The summed E-state index contributed by atoms with van der Waals surface area (Å²) >= 11 is 1.17. The van der Waals surface area contributed by atoms with Gasteiger partial charge in [-0.25, -0.2) is 4.39 Å². The van der Waals surface area contributed by atoms with Crippen LogP contribution in [-0.2, 0) is 9.59 Å². The van der Waals surface area contributed by atoms with Crippen molar-refractivity contribution in [2.75, 3.05) is 22.1 Å². The molecule has 0 unspecified atom stereocenters. The highest BCUT2D eigenvalue weighted by Crippen LogP contribution is 2.15. The number of hydrogen-bond acceptors (Lipinski definition) is 3. The molecule has 0 aliphatic rings. The van der Waals surface area contributed by atoms with E-state index in [1.165, 1.54) is 23.9 Å². The Balaban J connectivity index is 1.74. The van der Waals surface area contributed by atoms with Gasteiger partial charge in [0.1, 0.15) is 5.82 Å². The van der Waals surface area contributed by atoms with Gasteiger partial charge < -0.3 is 10.6 Å². The van der Waals surface area contributed by atoms with E-state index >= 15 is 0 Å². The van der Waals surface area contributed by atoms with Gasteiger partial charge in [-0.15, -0.1) is 11.8 Å². The fourth-order valence-corrected chi connectivity index (χ4v) is 2.50. The van der Waals surface area contributed by atoms with E-state index in [0.717, 1.165) is 11.3 Å². The summed E-state index contributed by atoms with van der Waals surface area (Å²) < 4.78 is 13.4. The van der Waals surface area contributed by atoms with Crippen molar-refractivity contribution in [2.24, 2.45) is 0 Å². The minimum absolute atomic E-state index is 0.0789. The number of thioether (sulfide) groups is 1. The average molecular weight is 332 g/mol. The third kappa shape index (κ3) is 5.41. The highest BCUT2D eigenvalue weighted by Gasteiger charge is 2.09. The van der Waals surface area contributed by atoms with Crippen LogP contribution in [0.4, 0.5) is 15.8 Å². The molecule has 0 spiro atoms. The fraction of sp³-hybridized carbons (Fsp3) is 0.176. The van der Waals surface area contributed by atoms with Gasteiger partial charge in [0.2, 0.25) is 11.8 Å². The number of para-hydroxylation sites is 2. The van der Waals surface area contributed by atoms with Gasteiger partial charge >= 0.3 is 0 Å². The zero-order valence-electron chi connectivity index (χ0n) is 12.6. The smallest absolute Gasteiger partial charge is 0.234 e. The molecule has 6 heteroatoms. The lowest BCUT2D eigenvalue weighted by Crippen LogP contribution is -2.19. The number of hydrogen-bond donors (Lipinski definition) is 2. The lowest BCUT2D eigenvalue weighted by atomic mass is 10.2. The van der Waals surface area contributed by atoms with E-state index in [0.29, 0.717) is 0 Å². The molecule has 0 fully saturated rings. The summed E-state index contributed by atoms with van der Waals surface area (Å²) in [5.41, 5.74) is 1.87. The van der Waals surface area contributed by atoms with E-state index in [1.54, 1.807) is 12.1 Å². The Labute approximate surface area is 138 Å². The van der Waals surface area contributed by atoms with E-state index in [1.807, 2.05) is 31.2 Å². The van der Waals surface area contributed by atoms with Crippen LogP contribution < -0.4 is 10.6 Å². The molecule has 2 aromatic carbocycles. The molecular formula is C17H17FN2O2S. The number of amides is 2. The fourth-order valence-electron chi connectivity index (χ4n) is 1.88. The molecule has 0 atom stereocenters. The molecule has 2 N–H and O–H groups in total. The lowest BCUT2D eigenvalue weighted by molar-refractivity contribution is -0.114. The molecule has 0 bridgehead atoms. The number of halogens is 1. The summed E-state index contributed by atoms with van der Waals surface area (Å²) in [5.74, 6) is -0.774. The number of anilines is 2. The Hall–Kier alpha value is -2.34. The van der Waals surface area contributed by atoms with Crippen LogP contribution in [0, 0.1) is 12.7 Å². The van der Waals surface area contributed by atoms with Gasteiger partial charge in [0.05, 0.1) is 17.2 Å². The number of aryl methyl sites for hydroxylation is 1. The Morgan fingerprint density at radius 2 is 1.43 bits per heavy atom. The van der Waals surface area contributed by atoms with Crippen molar-refractivity contribution >= 4 is 35.0 Å². The monoisotopic (exact) mass is 332 g/mol. The third-order valence-electron chi connectivity index (χ3n) is 3.03. The van der Waals surface area contributed by atoms with Crippen LogP contribution in [0.3, 0.4) is 0 Å². The predicted molar refractivity (Wildman–Crippen MR) is 92.2 cm³/mol. The molecule has 0 aromatic heterocycles. The van der Waals surface area contributed by atoms with Crippen molar-refractivity contribution in [2.45, 2.75) is 6.92 Å². The van der Waals surface area contributed by atoms with Crippen LogP contribution >= 0.6 is 11.8 Å². The first-order valence-corrected chi connectivity index (χ1v) is 8.19. The van der Waals surface area contributed by atoms with E-state index < -0.39 is 5.82 Å². The van der Waals surface area contributed by atoms with Crippen molar-refractivity contribution in [3.63, 3.8) is 0 Å². The van der Waals surface area contributed by atoms with E-state index in [9.17, 15) is 14.0 Å². The van der Waals surface area contributed by atoms with Crippen LogP contribution in [0.5, 0.6) is 0 Å². The maximum absolute atomic E-state index is 13.4. The molecule has 4 nitrogen and oxygen atoms in total. The maximum atomic E-state index is 13.4. The van der Waals surface area contributed by atoms with Crippen LogP contribution in [0.1, 0.15) is 5.56 Å². The number of benzene rings is 2. The highest BCUT2D eigenvalue weighted by atomic mass is 32.2. The average Bonchev–Trinajstić information content (AvgIpc) is 2.52. The molecule has 0 saturated carbocycles. The van der Waals surface area contributed by atoms with Crippen LogP contribution in [0.25, 0.3) is 0 Å². The van der Waals surface area contributed by atoms with Crippen molar-refractivity contribution in [1.29, 1.82) is 0 Å². The molecule has 0 radical (unpaired) electrons. The topological polar surface area (TPSA) is 58.2 Å². The molecule has 2 aromatic rings. The first-order valence-electron chi connectivity index (χ1n) is 7.04. The largest absolute Gasteiger partial charge is 0.325 e. The first kappa shape index (κ1) is 17.0. The molecule has 2 amide bonds. The first-order chi connectivity index (χ1) is 11.1. The second-order valence-electron chi connectivity index (χ2n) is 4.88. The zero-order valence-corrected chi connectivity index (χ0v) is 13.5. The number of carbonyl (C=O) groups excluding carboxylic acids is 2. The van der Waals surface area contributed by atoms with Gasteiger partial charge in [-0.2, -0.15) is 0 Å². The Kier molecular flexibility index (Phi) is 6.17. The van der Waals surface area contributed by atoms with Crippen molar-refractivity contribution in [3.05, 3.63) is 59.9 Å². The summed E-state index contributed by atoms with van der Waals surface area (Å²) in [7, 11) is 0. The lowest BCUT2D eigenvalue weighted by Gasteiger charge is -2.08. The quantitative estimate of drug-likeness (QED) is 0.852. The summed E-state index contributed by atoms with van der Waals surface area (Å²) in [4.78, 5) is 23.6. The SMILES string of the molecule is Cc1ccccc1NC(=O)CSCC(=O)Nc1ccccc1F. The molecule has 23 heavy (non-hydrogen) atoms. The van der Waals surface area contributed by atoms with E-state index in [-0.39, 0.29) is 29.0 Å². The highest BCUT2D eigenvalue weighted by molar-refractivity contribution is 8.00. The van der Waals surface area contributed by atoms with Crippen LogP contribution in [-0.4, -0.2) is 23.3 Å². The number of nitrogens with one attached hydrogen (secondary N) is 2. The van der Waals surface area contributed by atoms with Gasteiger partial charge in [-0.1, -0.05) is 30.3 Å². The molecule has 2 rings (SSSR count). The molecule has 0 heterocycles. The van der Waals surface area contributed by atoms with Crippen LogP contribution in [0.2, 0.25) is 0 Å². The Bertz CT molecular complexity index is 647. The maximum Gasteiger partial charge on any atom is 0.234 e. The van der Waals surface area contributed by atoms with Gasteiger partial charge in [0, 0.05) is 5.69 Å². The van der Waals surface area contributed by atoms with E-state index in [4.69, 9.17) is 0 Å². The molecule has 0 aliphatic heterocycles. The minimum Gasteiger partial charge on any atom is -0.325 e. The zero-order chi connectivity index (χ0) is 16.7. The summed E-state index contributed by atoms with van der Waals surface area (Å²) in [5, 5.41) is 5.27. The van der Waals surface area contributed by atoms with Gasteiger partial charge in [0.15, 0.2) is 0 Å². The molecule has 0 aliphatic carbocycles.